The van der Waals surface area contributed by atoms with Crippen LogP contribution in [0.5, 0.6) is 0 Å². The van der Waals surface area contributed by atoms with E-state index >= 15 is 0 Å². The summed E-state index contributed by atoms with van der Waals surface area (Å²) >= 11 is 0. The molecule has 1 aliphatic carbocycles. The molecule has 1 saturated carbocycles. The van der Waals surface area contributed by atoms with Gasteiger partial charge in [-0.1, -0.05) is 0 Å². The predicted octanol–water partition coefficient (Wildman–Crippen LogP) is 3.11. The molecule has 3 rings (SSSR count). The van der Waals surface area contributed by atoms with Crippen LogP contribution < -0.4 is 5.32 Å². The second kappa shape index (κ2) is 4.28. The van der Waals surface area contributed by atoms with Crippen molar-refractivity contribution in [2.45, 2.75) is 46.2 Å². The van der Waals surface area contributed by atoms with Gasteiger partial charge in [-0.05, 0) is 33.6 Å². The largest absolute Gasteiger partial charge is 0.466 e. The van der Waals surface area contributed by atoms with Crippen molar-refractivity contribution in [2.24, 2.45) is 0 Å². The number of furan rings is 1. The van der Waals surface area contributed by atoms with Crippen LogP contribution in [0.15, 0.2) is 15.0 Å². The molecule has 0 spiro atoms. The number of aromatic nitrogens is 1. The number of nitrogens with zero attached hydrogens (tertiary/aromatic N) is 1. The van der Waals surface area contributed by atoms with Crippen LogP contribution >= 0.6 is 0 Å². The Balaban J connectivity index is 1.82. The van der Waals surface area contributed by atoms with E-state index in [1.165, 1.54) is 12.8 Å². The number of hydrogen-bond donors (Lipinski definition) is 1. The lowest BCUT2D eigenvalue weighted by Crippen LogP contribution is -2.15. The SMILES string of the molecule is Cc1oc(C)c(-c2cnc(CNC3CC3)o2)c1C. The highest BCUT2D eigenvalue weighted by atomic mass is 16.4. The minimum atomic E-state index is 0.667. The molecule has 4 heteroatoms. The number of rotatable bonds is 4. The normalized spacial score (nSPS) is 15.3. The maximum Gasteiger partial charge on any atom is 0.208 e. The summed E-state index contributed by atoms with van der Waals surface area (Å²) in [5.74, 6) is 3.38. The van der Waals surface area contributed by atoms with Crippen LogP contribution in [0.3, 0.4) is 0 Å². The molecule has 1 aliphatic rings. The van der Waals surface area contributed by atoms with Crippen LogP contribution in [0, 0.1) is 20.8 Å². The maximum atomic E-state index is 5.79. The summed E-state index contributed by atoms with van der Waals surface area (Å²) in [6.45, 7) is 6.68. The van der Waals surface area contributed by atoms with E-state index in [4.69, 9.17) is 8.83 Å². The highest BCUT2D eigenvalue weighted by Crippen LogP contribution is 2.31. The predicted molar refractivity (Wildman–Crippen MR) is 68.3 cm³/mol. The Bertz CT molecular complexity index is 564. The lowest BCUT2D eigenvalue weighted by atomic mass is 10.1. The maximum absolute atomic E-state index is 5.79. The van der Waals surface area contributed by atoms with Gasteiger partial charge in [0.05, 0.1) is 18.3 Å². The first-order valence-corrected chi connectivity index (χ1v) is 6.40. The van der Waals surface area contributed by atoms with Crippen molar-refractivity contribution >= 4 is 0 Å². The van der Waals surface area contributed by atoms with Crippen LogP contribution in [0.25, 0.3) is 11.3 Å². The molecule has 2 aromatic rings. The molecule has 0 unspecified atom stereocenters. The minimum absolute atomic E-state index is 0.667. The van der Waals surface area contributed by atoms with E-state index in [9.17, 15) is 0 Å². The molecule has 96 valence electrons. The summed E-state index contributed by atoms with van der Waals surface area (Å²) in [5.41, 5.74) is 2.17. The molecule has 0 saturated heterocycles. The summed E-state index contributed by atoms with van der Waals surface area (Å²) in [5, 5.41) is 3.39. The first kappa shape index (κ1) is 11.5. The molecule has 4 nitrogen and oxygen atoms in total. The van der Waals surface area contributed by atoms with Crippen molar-refractivity contribution in [1.29, 1.82) is 0 Å². The fourth-order valence-corrected chi connectivity index (χ4v) is 2.18. The summed E-state index contributed by atoms with van der Waals surface area (Å²) in [7, 11) is 0. The van der Waals surface area contributed by atoms with Crippen molar-refractivity contribution in [2.75, 3.05) is 0 Å². The van der Waals surface area contributed by atoms with Crippen molar-refractivity contribution in [3.63, 3.8) is 0 Å². The molecule has 0 radical (unpaired) electrons. The van der Waals surface area contributed by atoms with Crippen molar-refractivity contribution in [3.05, 3.63) is 29.2 Å². The number of oxazole rings is 1. The second-order valence-corrected chi connectivity index (χ2v) is 4.99. The fraction of sp³-hybridized carbons (Fsp3) is 0.500. The van der Waals surface area contributed by atoms with E-state index in [-0.39, 0.29) is 0 Å². The van der Waals surface area contributed by atoms with Gasteiger partial charge in [-0.2, -0.15) is 0 Å². The Kier molecular flexibility index (Phi) is 2.74. The fourth-order valence-electron chi connectivity index (χ4n) is 2.18. The van der Waals surface area contributed by atoms with E-state index in [2.05, 4.69) is 10.3 Å². The standard InChI is InChI=1S/C14H18N2O2/c1-8-9(2)17-10(3)14(8)12-6-16-13(18-12)7-15-11-4-5-11/h6,11,15H,4-5,7H2,1-3H3. The first-order valence-electron chi connectivity index (χ1n) is 6.40. The zero-order chi connectivity index (χ0) is 12.7. The van der Waals surface area contributed by atoms with Crippen LogP contribution in [-0.2, 0) is 6.54 Å². The number of hydrogen-bond acceptors (Lipinski definition) is 4. The Morgan fingerprint density at radius 1 is 1.22 bits per heavy atom. The van der Waals surface area contributed by atoms with E-state index in [1.807, 2.05) is 20.8 Å². The van der Waals surface area contributed by atoms with E-state index in [0.717, 1.165) is 34.3 Å². The Morgan fingerprint density at radius 2 is 2.00 bits per heavy atom. The first-order chi connectivity index (χ1) is 8.65. The average molecular weight is 246 g/mol. The molecule has 0 amide bonds. The average Bonchev–Trinajstić information content (AvgIpc) is 2.99. The zero-order valence-corrected chi connectivity index (χ0v) is 11.0. The Labute approximate surface area is 106 Å². The third kappa shape index (κ3) is 2.08. The van der Waals surface area contributed by atoms with Gasteiger partial charge in [0.2, 0.25) is 5.89 Å². The molecule has 2 aromatic heterocycles. The van der Waals surface area contributed by atoms with Crippen molar-refractivity contribution in [1.82, 2.24) is 10.3 Å². The van der Waals surface area contributed by atoms with Crippen molar-refractivity contribution < 1.29 is 8.83 Å². The highest BCUT2D eigenvalue weighted by Gasteiger charge is 2.22. The van der Waals surface area contributed by atoms with Crippen LogP contribution in [0.1, 0.15) is 35.8 Å². The molecule has 0 aromatic carbocycles. The van der Waals surface area contributed by atoms with Crippen LogP contribution in [0.4, 0.5) is 0 Å². The summed E-state index contributed by atoms with van der Waals surface area (Å²) in [6.07, 6.45) is 4.33. The zero-order valence-electron chi connectivity index (χ0n) is 11.0. The van der Waals surface area contributed by atoms with E-state index in [0.29, 0.717) is 12.6 Å². The second-order valence-electron chi connectivity index (χ2n) is 4.99. The molecule has 1 fully saturated rings. The molecular weight excluding hydrogens is 228 g/mol. The van der Waals surface area contributed by atoms with Gasteiger partial charge in [-0.25, -0.2) is 4.98 Å². The third-order valence-corrected chi connectivity index (χ3v) is 3.48. The summed E-state index contributed by atoms with van der Waals surface area (Å²) < 4.78 is 11.4. The molecule has 0 atom stereocenters. The van der Waals surface area contributed by atoms with Gasteiger partial charge < -0.3 is 14.2 Å². The van der Waals surface area contributed by atoms with Gasteiger partial charge in [0, 0.05) is 11.6 Å². The number of nitrogens with one attached hydrogen (secondary N) is 1. The highest BCUT2D eigenvalue weighted by molar-refractivity contribution is 5.64. The smallest absolute Gasteiger partial charge is 0.208 e. The van der Waals surface area contributed by atoms with Crippen LogP contribution in [0.2, 0.25) is 0 Å². The molecule has 18 heavy (non-hydrogen) atoms. The molecule has 1 N–H and O–H groups in total. The van der Waals surface area contributed by atoms with Gasteiger partial charge in [0.15, 0.2) is 5.76 Å². The molecule has 0 bridgehead atoms. The van der Waals surface area contributed by atoms with Gasteiger partial charge >= 0.3 is 0 Å². The Hall–Kier alpha value is -1.55. The molecular formula is C14H18N2O2. The third-order valence-electron chi connectivity index (χ3n) is 3.48. The lowest BCUT2D eigenvalue weighted by Gasteiger charge is -1.98. The van der Waals surface area contributed by atoms with Crippen molar-refractivity contribution in [3.8, 4) is 11.3 Å². The van der Waals surface area contributed by atoms with Gasteiger partial charge in [0.1, 0.15) is 11.5 Å². The van der Waals surface area contributed by atoms with Gasteiger partial charge in [-0.3, -0.25) is 0 Å². The van der Waals surface area contributed by atoms with Gasteiger partial charge in [-0.15, -0.1) is 0 Å². The van der Waals surface area contributed by atoms with E-state index in [1.54, 1.807) is 6.20 Å². The number of aryl methyl sites for hydroxylation is 2. The molecule has 0 aliphatic heterocycles. The van der Waals surface area contributed by atoms with E-state index < -0.39 is 0 Å². The quantitative estimate of drug-likeness (QED) is 0.900. The Morgan fingerprint density at radius 3 is 2.61 bits per heavy atom. The monoisotopic (exact) mass is 246 g/mol. The summed E-state index contributed by atoms with van der Waals surface area (Å²) in [6, 6.07) is 0.667. The lowest BCUT2D eigenvalue weighted by molar-refractivity contribution is 0.473. The summed E-state index contributed by atoms with van der Waals surface area (Å²) in [4.78, 5) is 4.31. The van der Waals surface area contributed by atoms with Gasteiger partial charge in [0.25, 0.3) is 0 Å². The minimum Gasteiger partial charge on any atom is -0.466 e. The topological polar surface area (TPSA) is 51.2 Å². The molecule has 2 heterocycles. The van der Waals surface area contributed by atoms with Crippen LogP contribution in [-0.4, -0.2) is 11.0 Å².